The molecule has 4 heteroatoms. The molecule has 3 nitrogen and oxygen atoms in total. The molecule has 0 radical (unpaired) electrons. The lowest BCUT2D eigenvalue weighted by molar-refractivity contribution is -0.112. The minimum atomic E-state index is -0.572. The van der Waals surface area contributed by atoms with Crippen LogP contribution in [-0.2, 0) is 4.79 Å². The molecule has 0 bridgehead atoms. The smallest absolute Gasteiger partial charge is 0.266 e. The summed E-state index contributed by atoms with van der Waals surface area (Å²) in [6.07, 6.45) is 1.25. The van der Waals surface area contributed by atoms with Crippen LogP contribution in [0.4, 0.5) is 10.1 Å². The summed E-state index contributed by atoms with van der Waals surface area (Å²) in [4.78, 5) is 12.4. The van der Waals surface area contributed by atoms with Crippen LogP contribution in [0, 0.1) is 17.1 Å². The molecule has 0 aliphatic heterocycles. The monoisotopic (exact) mass is 316 g/mol. The Bertz CT molecular complexity index is 981. The van der Waals surface area contributed by atoms with Gasteiger partial charge in [-0.3, -0.25) is 4.79 Å². The number of carbonyl (C=O) groups excluding carboxylic acids is 1. The highest BCUT2D eigenvalue weighted by Crippen LogP contribution is 2.23. The summed E-state index contributed by atoms with van der Waals surface area (Å²) in [6, 6.07) is 20.9. The largest absolute Gasteiger partial charge is 0.321 e. The third kappa shape index (κ3) is 3.16. The minimum absolute atomic E-state index is 0.159. The number of halogens is 1. The van der Waals surface area contributed by atoms with Gasteiger partial charge in [-0.2, -0.15) is 5.26 Å². The number of hydrogen-bond acceptors (Lipinski definition) is 2. The molecule has 3 aromatic rings. The van der Waals surface area contributed by atoms with E-state index < -0.39 is 11.7 Å². The number of fused-ring (bicyclic) bond motifs is 1. The summed E-state index contributed by atoms with van der Waals surface area (Å²) in [5, 5.41) is 13.8. The van der Waals surface area contributed by atoms with Crippen LogP contribution in [0.5, 0.6) is 0 Å². The van der Waals surface area contributed by atoms with Crippen molar-refractivity contribution in [2.24, 2.45) is 0 Å². The average Bonchev–Trinajstić information content (AvgIpc) is 2.61. The van der Waals surface area contributed by atoms with E-state index in [2.05, 4.69) is 5.32 Å². The van der Waals surface area contributed by atoms with Gasteiger partial charge >= 0.3 is 0 Å². The van der Waals surface area contributed by atoms with Crippen molar-refractivity contribution in [1.29, 1.82) is 5.26 Å². The van der Waals surface area contributed by atoms with Crippen LogP contribution in [-0.4, -0.2) is 5.91 Å². The Balaban J connectivity index is 1.93. The van der Waals surface area contributed by atoms with Gasteiger partial charge in [0.2, 0.25) is 0 Å². The highest BCUT2D eigenvalue weighted by atomic mass is 19.1. The van der Waals surface area contributed by atoms with Crippen molar-refractivity contribution in [2.45, 2.75) is 0 Å². The van der Waals surface area contributed by atoms with E-state index in [9.17, 15) is 14.4 Å². The van der Waals surface area contributed by atoms with E-state index in [-0.39, 0.29) is 11.1 Å². The van der Waals surface area contributed by atoms with Gasteiger partial charge in [-0.25, -0.2) is 4.39 Å². The van der Waals surface area contributed by atoms with Crippen LogP contribution in [0.2, 0.25) is 0 Å². The molecular formula is C20H13FN2O. The maximum atomic E-state index is 13.7. The lowest BCUT2D eigenvalue weighted by Gasteiger charge is -2.08. The molecule has 116 valence electrons. The number of carbonyl (C=O) groups is 1. The Morgan fingerprint density at radius 3 is 2.50 bits per heavy atom. The van der Waals surface area contributed by atoms with Gasteiger partial charge < -0.3 is 5.32 Å². The molecule has 0 saturated heterocycles. The number of anilines is 1. The summed E-state index contributed by atoms with van der Waals surface area (Å²) in [5.41, 5.74) is 0.642. The summed E-state index contributed by atoms with van der Waals surface area (Å²) in [5.74, 6) is -1.06. The molecule has 1 amide bonds. The van der Waals surface area contributed by atoms with Crippen LogP contribution in [0.3, 0.4) is 0 Å². The van der Waals surface area contributed by atoms with E-state index in [1.165, 1.54) is 18.2 Å². The molecule has 0 aliphatic rings. The average molecular weight is 316 g/mol. The second kappa shape index (κ2) is 6.76. The molecule has 0 saturated carbocycles. The van der Waals surface area contributed by atoms with Crippen LogP contribution in [0.15, 0.2) is 72.3 Å². The zero-order chi connectivity index (χ0) is 16.9. The summed E-state index contributed by atoms with van der Waals surface area (Å²) in [6.45, 7) is 0. The second-order valence-corrected chi connectivity index (χ2v) is 5.17. The van der Waals surface area contributed by atoms with Crippen molar-refractivity contribution in [3.05, 3.63) is 83.7 Å². The standard InChI is InChI=1S/C20H13FN2O/c21-18-10-4-2-7-15(18)12-16(13-22)20(24)23-19-11-5-8-14-6-1-3-9-17(14)19/h1-12H,(H,23,24)/b16-12+. The molecule has 0 heterocycles. The Hall–Kier alpha value is -3.45. The fourth-order valence-electron chi connectivity index (χ4n) is 2.42. The van der Waals surface area contributed by atoms with Crippen LogP contribution < -0.4 is 5.32 Å². The van der Waals surface area contributed by atoms with E-state index >= 15 is 0 Å². The SMILES string of the molecule is N#C/C(=C\c1ccccc1F)C(=O)Nc1cccc2ccccc12. The van der Waals surface area contributed by atoms with Crippen LogP contribution >= 0.6 is 0 Å². The first-order valence-electron chi connectivity index (χ1n) is 7.34. The number of nitriles is 1. The number of nitrogens with one attached hydrogen (secondary N) is 1. The minimum Gasteiger partial charge on any atom is -0.321 e. The lowest BCUT2D eigenvalue weighted by Crippen LogP contribution is -2.13. The van der Waals surface area contributed by atoms with E-state index in [0.717, 1.165) is 10.8 Å². The molecular weight excluding hydrogens is 303 g/mol. The molecule has 0 aliphatic carbocycles. The second-order valence-electron chi connectivity index (χ2n) is 5.17. The van der Waals surface area contributed by atoms with Gasteiger partial charge in [0.15, 0.2) is 0 Å². The van der Waals surface area contributed by atoms with Gasteiger partial charge in [-0.15, -0.1) is 0 Å². The highest BCUT2D eigenvalue weighted by molar-refractivity contribution is 6.12. The van der Waals surface area contributed by atoms with Gasteiger partial charge in [-0.05, 0) is 23.6 Å². The molecule has 0 spiro atoms. The van der Waals surface area contributed by atoms with E-state index in [0.29, 0.717) is 5.69 Å². The van der Waals surface area contributed by atoms with E-state index in [1.54, 1.807) is 18.2 Å². The quantitative estimate of drug-likeness (QED) is 0.570. The Morgan fingerprint density at radius 2 is 1.71 bits per heavy atom. The maximum absolute atomic E-state index is 13.7. The zero-order valence-corrected chi connectivity index (χ0v) is 12.7. The van der Waals surface area contributed by atoms with E-state index in [1.807, 2.05) is 42.5 Å². The van der Waals surface area contributed by atoms with Gasteiger partial charge in [0.05, 0.1) is 0 Å². The summed E-state index contributed by atoms with van der Waals surface area (Å²) in [7, 11) is 0. The molecule has 0 fully saturated rings. The number of nitrogens with zero attached hydrogens (tertiary/aromatic N) is 1. The topological polar surface area (TPSA) is 52.9 Å². The van der Waals surface area contributed by atoms with Gasteiger partial charge in [-0.1, -0.05) is 54.6 Å². The third-order valence-corrected chi connectivity index (χ3v) is 3.61. The fraction of sp³-hybridized carbons (Fsp3) is 0. The predicted octanol–water partition coefficient (Wildman–Crippen LogP) is 4.52. The fourth-order valence-corrected chi connectivity index (χ4v) is 2.42. The molecule has 0 unspecified atom stereocenters. The number of rotatable bonds is 3. The Morgan fingerprint density at radius 1 is 1.00 bits per heavy atom. The van der Waals surface area contributed by atoms with Crippen LogP contribution in [0.1, 0.15) is 5.56 Å². The van der Waals surface area contributed by atoms with Crippen molar-refractivity contribution in [3.8, 4) is 6.07 Å². The van der Waals surface area contributed by atoms with Crippen molar-refractivity contribution in [1.82, 2.24) is 0 Å². The zero-order valence-electron chi connectivity index (χ0n) is 12.7. The first-order valence-corrected chi connectivity index (χ1v) is 7.34. The molecule has 24 heavy (non-hydrogen) atoms. The molecule has 0 aromatic heterocycles. The first-order chi connectivity index (χ1) is 11.7. The van der Waals surface area contributed by atoms with Gasteiger partial charge in [0, 0.05) is 16.6 Å². The van der Waals surface area contributed by atoms with Crippen molar-refractivity contribution in [2.75, 3.05) is 5.32 Å². The molecule has 0 atom stereocenters. The Kier molecular flexibility index (Phi) is 4.35. The first kappa shape index (κ1) is 15.4. The van der Waals surface area contributed by atoms with Gasteiger partial charge in [0.25, 0.3) is 5.91 Å². The summed E-state index contributed by atoms with van der Waals surface area (Å²) < 4.78 is 13.7. The number of hydrogen-bond donors (Lipinski definition) is 1. The van der Waals surface area contributed by atoms with Crippen molar-refractivity contribution < 1.29 is 9.18 Å². The highest BCUT2D eigenvalue weighted by Gasteiger charge is 2.12. The van der Waals surface area contributed by atoms with Crippen molar-refractivity contribution in [3.63, 3.8) is 0 Å². The normalized spacial score (nSPS) is 11.1. The molecule has 3 aromatic carbocycles. The maximum Gasteiger partial charge on any atom is 0.266 e. The van der Waals surface area contributed by atoms with Crippen molar-refractivity contribution >= 4 is 28.4 Å². The lowest BCUT2D eigenvalue weighted by atomic mass is 10.1. The molecule has 1 N–H and O–H groups in total. The Labute approximate surface area is 138 Å². The van der Waals surface area contributed by atoms with Gasteiger partial charge in [0.1, 0.15) is 17.5 Å². The summed E-state index contributed by atoms with van der Waals surface area (Å²) >= 11 is 0. The van der Waals surface area contributed by atoms with Crippen LogP contribution in [0.25, 0.3) is 16.8 Å². The predicted molar refractivity (Wildman–Crippen MR) is 92.6 cm³/mol. The number of amides is 1. The third-order valence-electron chi connectivity index (χ3n) is 3.61. The van der Waals surface area contributed by atoms with E-state index in [4.69, 9.17) is 0 Å². The molecule has 3 rings (SSSR count). The number of benzene rings is 3.